The lowest BCUT2D eigenvalue weighted by Crippen LogP contribution is -2.12. The van der Waals surface area contributed by atoms with Crippen LogP contribution in [0.5, 0.6) is 11.5 Å². The quantitative estimate of drug-likeness (QED) is 0.600. The molecule has 0 atom stereocenters. The van der Waals surface area contributed by atoms with Crippen LogP contribution >= 0.6 is 0 Å². The molecule has 0 fully saturated rings. The molecule has 1 N–H and O–H groups in total. The summed E-state index contributed by atoms with van der Waals surface area (Å²) in [4.78, 5) is 0. The van der Waals surface area contributed by atoms with Gasteiger partial charge >= 0.3 is 0 Å². The molecule has 0 aliphatic heterocycles. The van der Waals surface area contributed by atoms with Crippen molar-refractivity contribution in [2.24, 2.45) is 0 Å². The van der Waals surface area contributed by atoms with E-state index in [9.17, 15) is 0 Å². The van der Waals surface area contributed by atoms with E-state index in [0.717, 1.165) is 44.0 Å². The summed E-state index contributed by atoms with van der Waals surface area (Å²) < 4.78 is 16.9. The predicted molar refractivity (Wildman–Crippen MR) is 86.2 cm³/mol. The first-order valence-electron chi connectivity index (χ1n) is 7.98. The van der Waals surface area contributed by atoms with Gasteiger partial charge in [-0.05, 0) is 37.6 Å². The Morgan fingerprint density at radius 2 is 1.81 bits per heavy atom. The van der Waals surface area contributed by atoms with Gasteiger partial charge in [-0.2, -0.15) is 0 Å². The SMILES string of the molecule is CCCCOCCOc1ccc(CNCC)cc1OCC. The van der Waals surface area contributed by atoms with Gasteiger partial charge < -0.3 is 19.5 Å². The lowest BCUT2D eigenvalue weighted by atomic mass is 10.2. The largest absolute Gasteiger partial charge is 0.490 e. The van der Waals surface area contributed by atoms with E-state index < -0.39 is 0 Å². The lowest BCUT2D eigenvalue weighted by molar-refractivity contribution is 0.0967. The summed E-state index contributed by atoms with van der Waals surface area (Å²) in [6, 6.07) is 6.08. The van der Waals surface area contributed by atoms with Gasteiger partial charge in [0.15, 0.2) is 11.5 Å². The van der Waals surface area contributed by atoms with Gasteiger partial charge in [0.1, 0.15) is 6.61 Å². The van der Waals surface area contributed by atoms with Gasteiger partial charge in [0.2, 0.25) is 0 Å². The van der Waals surface area contributed by atoms with Gasteiger partial charge in [-0.15, -0.1) is 0 Å². The van der Waals surface area contributed by atoms with Gasteiger partial charge in [0, 0.05) is 13.2 Å². The van der Waals surface area contributed by atoms with Crippen LogP contribution in [0, 0.1) is 0 Å². The Balaban J connectivity index is 2.47. The molecule has 4 heteroatoms. The second kappa shape index (κ2) is 11.4. The summed E-state index contributed by atoms with van der Waals surface area (Å²) in [5, 5.41) is 3.31. The second-order valence-corrected chi connectivity index (χ2v) is 4.81. The van der Waals surface area contributed by atoms with Crippen molar-refractivity contribution < 1.29 is 14.2 Å². The summed E-state index contributed by atoms with van der Waals surface area (Å²) in [7, 11) is 0. The van der Waals surface area contributed by atoms with E-state index in [1.165, 1.54) is 5.56 Å². The molecule has 0 spiro atoms. The molecule has 4 nitrogen and oxygen atoms in total. The number of rotatable bonds is 12. The topological polar surface area (TPSA) is 39.7 Å². The Morgan fingerprint density at radius 1 is 0.952 bits per heavy atom. The van der Waals surface area contributed by atoms with Crippen LogP contribution < -0.4 is 14.8 Å². The molecule has 0 unspecified atom stereocenters. The first-order chi connectivity index (χ1) is 10.3. The number of unbranched alkanes of at least 4 members (excludes halogenated alkanes) is 1. The fourth-order valence-corrected chi connectivity index (χ4v) is 1.88. The van der Waals surface area contributed by atoms with E-state index in [1.807, 2.05) is 19.1 Å². The standard InChI is InChI=1S/C17H29NO3/c1-4-7-10-19-11-12-21-16-9-8-15(14-18-5-2)13-17(16)20-6-3/h8-9,13,18H,4-7,10-12,14H2,1-3H3. The van der Waals surface area contributed by atoms with Crippen LogP contribution in [0.25, 0.3) is 0 Å². The Kier molecular flexibility index (Phi) is 9.66. The van der Waals surface area contributed by atoms with E-state index in [2.05, 4.69) is 25.2 Å². The summed E-state index contributed by atoms with van der Waals surface area (Å²) in [6.45, 7) is 10.6. The van der Waals surface area contributed by atoms with Crippen molar-refractivity contribution in [2.75, 3.05) is 33.0 Å². The van der Waals surface area contributed by atoms with E-state index in [4.69, 9.17) is 14.2 Å². The molecule has 1 aromatic rings. The fourth-order valence-electron chi connectivity index (χ4n) is 1.88. The summed E-state index contributed by atoms with van der Waals surface area (Å²) in [5.74, 6) is 1.60. The zero-order chi connectivity index (χ0) is 15.3. The first kappa shape index (κ1) is 17.8. The van der Waals surface area contributed by atoms with Crippen molar-refractivity contribution in [1.29, 1.82) is 0 Å². The maximum absolute atomic E-state index is 5.76. The molecular formula is C17H29NO3. The smallest absolute Gasteiger partial charge is 0.161 e. The third kappa shape index (κ3) is 7.34. The number of hydrogen-bond donors (Lipinski definition) is 1. The Hall–Kier alpha value is -1.26. The molecule has 0 aliphatic rings. The predicted octanol–water partition coefficient (Wildman–Crippen LogP) is 3.39. The first-order valence-corrected chi connectivity index (χ1v) is 7.98. The molecule has 120 valence electrons. The maximum Gasteiger partial charge on any atom is 0.161 e. The summed E-state index contributed by atoms with van der Waals surface area (Å²) in [6.07, 6.45) is 2.26. The molecular weight excluding hydrogens is 266 g/mol. The normalized spacial score (nSPS) is 10.6. The Morgan fingerprint density at radius 3 is 2.52 bits per heavy atom. The van der Waals surface area contributed by atoms with Crippen LogP contribution in [-0.2, 0) is 11.3 Å². The molecule has 0 heterocycles. The van der Waals surface area contributed by atoms with Crippen molar-refractivity contribution in [3.8, 4) is 11.5 Å². The zero-order valence-electron chi connectivity index (χ0n) is 13.6. The van der Waals surface area contributed by atoms with Gasteiger partial charge in [-0.3, -0.25) is 0 Å². The minimum Gasteiger partial charge on any atom is -0.490 e. The summed E-state index contributed by atoms with van der Waals surface area (Å²) in [5.41, 5.74) is 1.20. The highest BCUT2D eigenvalue weighted by Gasteiger charge is 2.06. The molecule has 0 aromatic heterocycles. The van der Waals surface area contributed by atoms with Gasteiger partial charge in [0.05, 0.1) is 13.2 Å². The zero-order valence-corrected chi connectivity index (χ0v) is 13.6. The highest BCUT2D eigenvalue weighted by Crippen LogP contribution is 2.28. The van der Waals surface area contributed by atoms with Crippen molar-refractivity contribution in [2.45, 2.75) is 40.2 Å². The molecule has 0 aliphatic carbocycles. The molecule has 0 bridgehead atoms. The van der Waals surface area contributed by atoms with Gasteiger partial charge in [0.25, 0.3) is 0 Å². The van der Waals surface area contributed by atoms with E-state index in [-0.39, 0.29) is 0 Å². The number of hydrogen-bond acceptors (Lipinski definition) is 4. The minimum atomic E-state index is 0.552. The monoisotopic (exact) mass is 295 g/mol. The van der Waals surface area contributed by atoms with Gasteiger partial charge in [-0.25, -0.2) is 0 Å². The summed E-state index contributed by atoms with van der Waals surface area (Å²) >= 11 is 0. The van der Waals surface area contributed by atoms with Crippen molar-refractivity contribution in [3.63, 3.8) is 0 Å². The molecule has 21 heavy (non-hydrogen) atoms. The lowest BCUT2D eigenvalue weighted by Gasteiger charge is -2.13. The number of ether oxygens (including phenoxy) is 3. The van der Waals surface area contributed by atoms with Gasteiger partial charge in [-0.1, -0.05) is 26.3 Å². The second-order valence-electron chi connectivity index (χ2n) is 4.81. The highest BCUT2D eigenvalue weighted by molar-refractivity contribution is 5.43. The highest BCUT2D eigenvalue weighted by atomic mass is 16.5. The minimum absolute atomic E-state index is 0.552. The maximum atomic E-state index is 5.76. The van der Waals surface area contributed by atoms with Crippen LogP contribution in [0.3, 0.4) is 0 Å². The third-order valence-electron chi connectivity index (χ3n) is 3.01. The molecule has 0 saturated heterocycles. The van der Waals surface area contributed by atoms with Crippen LogP contribution in [0.15, 0.2) is 18.2 Å². The average molecular weight is 295 g/mol. The Bertz CT molecular complexity index is 382. The number of nitrogens with one attached hydrogen (secondary N) is 1. The van der Waals surface area contributed by atoms with Crippen molar-refractivity contribution in [3.05, 3.63) is 23.8 Å². The van der Waals surface area contributed by atoms with E-state index in [0.29, 0.717) is 19.8 Å². The van der Waals surface area contributed by atoms with E-state index in [1.54, 1.807) is 0 Å². The molecule has 0 radical (unpaired) electrons. The Labute approximate surface area is 128 Å². The molecule has 0 saturated carbocycles. The molecule has 0 amide bonds. The van der Waals surface area contributed by atoms with E-state index >= 15 is 0 Å². The van der Waals surface area contributed by atoms with Crippen molar-refractivity contribution in [1.82, 2.24) is 5.32 Å². The number of benzene rings is 1. The third-order valence-corrected chi connectivity index (χ3v) is 3.01. The fraction of sp³-hybridized carbons (Fsp3) is 0.647. The average Bonchev–Trinajstić information content (AvgIpc) is 2.50. The molecule has 1 aromatic carbocycles. The molecule has 1 rings (SSSR count). The van der Waals surface area contributed by atoms with Crippen LogP contribution in [0.2, 0.25) is 0 Å². The van der Waals surface area contributed by atoms with Crippen LogP contribution in [0.4, 0.5) is 0 Å². The van der Waals surface area contributed by atoms with Crippen LogP contribution in [-0.4, -0.2) is 33.0 Å². The van der Waals surface area contributed by atoms with Crippen LogP contribution in [0.1, 0.15) is 39.2 Å². The van der Waals surface area contributed by atoms with Crippen molar-refractivity contribution >= 4 is 0 Å².